The smallest absolute Gasteiger partial charge is 0.224 e. The van der Waals surface area contributed by atoms with Crippen molar-refractivity contribution in [1.29, 1.82) is 0 Å². The standard InChI is InChI=1S/C19H27ClN2O3/c1-2-6-22-7-4-15(5-8-22)21-18(23)13-14-11-16(20)19-17(12-14)24-9-3-10-25-19/h11-12,15H,2-10,13H2,1H3,(H,21,23). The van der Waals surface area contributed by atoms with Gasteiger partial charge in [0.1, 0.15) is 0 Å². The molecule has 0 unspecified atom stereocenters. The first-order chi connectivity index (χ1) is 12.2. The second kappa shape index (κ2) is 8.77. The number of rotatable bonds is 5. The number of piperidine rings is 1. The van der Waals surface area contributed by atoms with E-state index >= 15 is 0 Å². The number of carbonyl (C=O) groups excluding carboxylic acids is 1. The van der Waals surface area contributed by atoms with Gasteiger partial charge in [0.25, 0.3) is 0 Å². The Morgan fingerprint density at radius 3 is 2.80 bits per heavy atom. The zero-order valence-corrected chi connectivity index (χ0v) is 15.6. The van der Waals surface area contributed by atoms with E-state index in [4.69, 9.17) is 21.1 Å². The van der Waals surface area contributed by atoms with Gasteiger partial charge in [-0.3, -0.25) is 4.79 Å². The van der Waals surface area contributed by atoms with Crippen molar-refractivity contribution in [2.75, 3.05) is 32.8 Å². The number of carbonyl (C=O) groups is 1. The number of fused-ring (bicyclic) bond motifs is 1. The highest BCUT2D eigenvalue weighted by Crippen LogP contribution is 2.38. The number of hydrogen-bond donors (Lipinski definition) is 1. The molecular formula is C19H27ClN2O3. The monoisotopic (exact) mass is 366 g/mol. The van der Waals surface area contributed by atoms with Crippen molar-refractivity contribution in [3.05, 3.63) is 22.7 Å². The second-order valence-corrected chi connectivity index (χ2v) is 7.22. The highest BCUT2D eigenvalue weighted by Gasteiger charge is 2.21. The molecule has 1 N–H and O–H groups in total. The summed E-state index contributed by atoms with van der Waals surface area (Å²) in [4.78, 5) is 14.9. The Morgan fingerprint density at radius 1 is 1.28 bits per heavy atom. The zero-order valence-electron chi connectivity index (χ0n) is 14.9. The lowest BCUT2D eigenvalue weighted by Gasteiger charge is -2.32. The van der Waals surface area contributed by atoms with E-state index in [0.29, 0.717) is 36.2 Å². The Hall–Kier alpha value is -1.46. The summed E-state index contributed by atoms with van der Waals surface area (Å²) in [6.07, 6.45) is 4.37. The van der Waals surface area contributed by atoms with E-state index in [0.717, 1.165) is 44.5 Å². The summed E-state index contributed by atoms with van der Waals surface area (Å²) in [6, 6.07) is 3.95. The van der Waals surface area contributed by atoms with Crippen LogP contribution in [0, 0.1) is 0 Å². The van der Waals surface area contributed by atoms with E-state index < -0.39 is 0 Å². The molecule has 0 atom stereocenters. The van der Waals surface area contributed by atoms with Gasteiger partial charge in [0.2, 0.25) is 5.91 Å². The van der Waals surface area contributed by atoms with Crippen molar-refractivity contribution in [2.24, 2.45) is 0 Å². The predicted molar refractivity (Wildman–Crippen MR) is 98.7 cm³/mol. The molecule has 1 aromatic carbocycles. The van der Waals surface area contributed by atoms with E-state index in [1.165, 1.54) is 6.42 Å². The Kier molecular flexibility index (Phi) is 6.43. The fourth-order valence-corrected chi connectivity index (χ4v) is 3.76. The average molecular weight is 367 g/mol. The van der Waals surface area contributed by atoms with Crippen LogP contribution in [0.2, 0.25) is 5.02 Å². The highest BCUT2D eigenvalue weighted by molar-refractivity contribution is 6.32. The second-order valence-electron chi connectivity index (χ2n) is 6.82. The van der Waals surface area contributed by atoms with Gasteiger partial charge in [-0.1, -0.05) is 18.5 Å². The van der Waals surface area contributed by atoms with Gasteiger partial charge in [0.15, 0.2) is 11.5 Å². The van der Waals surface area contributed by atoms with Gasteiger partial charge in [0, 0.05) is 25.6 Å². The minimum atomic E-state index is 0.0412. The fourth-order valence-electron chi connectivity index (χ4n) is 3.47. The molecular weight excluding hydrogens is 340 g/mol. The average Bonchev–Trinajstić information content (AvgIpc) is 2.82. The molecule has 1 amide bonds. The van der Waals surface area contributed by atoms with Crippen molar-refractivity contribution in [2.45, 2.75) is 45.1 Å². The van der Waals surface area contributed by atoms with Gasteiger partial charge in [-0.15, -0.1) is 0 Å². The molecule has 0 spiro atoms. The van der Waals surface area contributed by atoms with Crippen molar-refractivity contribution < 1.29 is 14.3 Å². The molecule has 2 aliphatic rings. The molecule has 0 radical (unpaired) electrons. The molecule has 0 bridgehead atoms. The molecule has 6 heteroatoms. The van der Waals surface area contributed by atoms with Crippen molar-refractivity contribution >= 4 is 17.5 Å². The van der Waals surface area contributed by atoms with Gasteiger partial charge in [-0.05, 0) is 43.5 Å². The zero-order chi connectivity index (χ0) is 17.6. The third-order valence-electron chi connectivity index (χ3n) is 4.72. The molecule has 1 saturated heterocycles. The molecule has 1 fully saturated rings. The van der Waals surface area contributed by atoms with Crippen molar-refractivity contribution in [1.82, 2.24) is 10.2 Å². The summed E-state index contributed by atoms with van der Waals surface area (Å²) in [5.74, 6) is 1.27. The van der Waals surface area contributed by atoms with E-state index in [-0.39, 0.29) is 11.9 Å². The minimum absolute atomic E-state index is 0.0412. The molecule has 3 rings (SSSR count). The molecule has 2 heterocycles. The Balaban J connectivity index is 1.55. The van der Waals surface area contributed by atoms with Gasteiger partial charge in [-0.2, -0.15) is 0 Å². The Labute approximate surface area is 154 Å². The van der Waals surface area contributed by atoms with Crippen LogP contribution < -0.4 is 14.8 Å². The van der Waals surface area contributed by atoms with Gasteiger partial charge < -0.3 is 19.7 Å². The first-order valence-electron chi connectivity index (χ1n) is 9.25. The molecule has 25 heavy (non-hydrogen) atoms. The summed E-state index contributed by atoms with van der Waals surface area (Å²) < 4.78 is 11.3. The first-order valence-corrected chi connectivity index (χ1v) is 9.63. The molecule has 0 saturated carbocycles. The maximum atomic E-state index is 12.4. The van der Waals surface area contributed by atoms with Gasteiger partial charge >= 0.3 is 0 Å². The number of hydrogen-bond acceptors (Lipinski definition) is 4. The lowest BCUT2D eigenvalue weighted by molar-refractivity contribution is -0.121. The summed E-state index contributed by atoms with van der Waals surface area (Å²) in [6.45, 7) is 6.69. The van der Waals surface area contributed by atoms with Crippen LogP contribution in [-0.4, -0.2) is 49.7 Å². The van der Waals surface area contributed by atoms with Crippen LogP contribution in [0.4, 0.5) is 0 Å². The third-order valence-corrected chi connectivity index (χ3v) is 5.00. The third kappa shape index (κ3) is 5.02. The summed E-state index contributed by atoms with van der Waals surface area (Å²) in [5, 5.41) is 3.67. The van der Waals surface area contributed by atoms with Crippen LogP contribution in [0.5, 0.6) is 11.5 Å². The maximum Gasteiger partial charge on any atom is 0.224 e. The van der Waals surface area contributed by atoms with Gasteiger partial charge in [-0.25, -0.2) is 0 Å². The minimum Gasteiger partial charge on any atom is -0.489 e. The van der Waals surface area contributed by atoms with Crippen LogP contribution >= 0.6 is 11.6 Å². The first kappa shape index (κ1) is 18.3. The lowest BCUT2D eigenvalue weighted by Crippen LogP contribution is -2.45. The molecule has 0 aliphatic carbocycles. The number of nitrogens with one attached hydrogen (secondary N) is 1. The SMILES string of the molecule is CCCN1CCC(NC(=O)Cc2cc(Cl)c3c(c2)OCCCO3)CC1. The molecule has 0 aromatic heterocycles. The van der Waals surface area contributed by atoms with E-state index in [9.17, 15) is 4.79 Å². The van der Waals surface area contributed by atoms with Crippen LogP contribution in [0.1, 0.15) is 38.2 Å². The number of nitrogens with zero attached hydrogens (tertiary/aromatic N) is 1. The summed E-state index contributed by atoms with van der Waals surface area (Å²) in [5.41, 5.74) is 0.857. The van der Waals surface area contributed by atoms with Crippen molar-refractivity contribution in [3.8, 4) is 11.5 Å². The Morgan fingerprint density at radius 2 is 2.04 bits per heavy atom. The van der Waals surface area contributed by atoms with Crippen LogP contribution in [-0.2, 0) is 11.2 Å². The van der Waals surface area contributed by atoms with Gasteiger partial charge in [0.05, 0.1) is 24.7 Å². The van der Waals surface area contributed by atoms with Crippen LogP contribution in [0.15, 0.2) is 12.1 Å². The molecule has 138 valence electrons. The summed E-state index contributed by atoms with van der Waals surface area (Å²) >= 11 is 6.30. The van der Waals surface area contributed by atoms with E-state index in [1.54, 1.807) is 6.07 Å². The molecule has 5 nitrogen and oxygen atoms in total. The number of likely N-dealkylation sites (tertiary alicyclic amines) is 1. The summed E-state index contributed by atoms with van der Waals surface area (Å²) in [7, 11) is 0. The Bertz CT molecular complexity index is 601. The quantitative estimate of drug-likeness (QED) is 0.870. The lowest BCUT2D eigenvalue weighted by atomic mass is 10.0. The number of halogens is 1. The van der Waals surface area contributed by atoms with Crippen LogP contribution in [0.25, 0.3) is 0 Å². The number of benzene rings is 1. The van der Waals surface area contributed by atoms with E-state index in [2.05, 4.69) is 17.1 Å². The maximum absolute atomic E-state index is 12.4. The topological polar surface area (TPSA) is 50.8 Å². The normalized spacial score (nSPS) is 18.6. The molecule has 2 aliphatic heterocycles. The number of ether oxygens (including phenoxy) is 2. The predicted octanol–water partition coefficient (Wildman–Crippen LogP) is 3.03. The largest absolute Gasteiger partial charge is 0.489 e. The molecule has 1 aromatic rings. The van der Waals surface area contributed by atoms with Crippen LogP contribution in [0.3, 0.4) is 0 Å². The van der Waals surface area contributed by atoms with Crippen molar-refractivity contribution in [3.63, 3.8) is 0 Å². The highest BCUT2D eigenvalue weighted by atomic mass is 35.5. The van der Waals surface area contributed by atoms with E-state index in [1.807, 2.05) is 6.07 Å². The number of amides is 1. The fraction of sp³-hybridized carbons (Fsp3) is 0.632.